The van der Waals surface area contributed by atoms with Gasteiger partial charge in [0, 0.05) is 14.5 Å². The molecule has 0 aliphatic carbocycles. The van der Waals surface area contributed by atoms with Crippen LogP contribution in [0.5, 0.6) is 5.75 Å². The molecule has 0 spiro atoms. The zero-order chi connectivity index (χ0) is 17.8. The number of furan rings is 1. The number of hydrogen-bond acceptors (Lipinski definition) is 4. The molecular weight excluding hydrogens is 452 g/mol. The third kappa shape index (κ3) is 4.37. The van der Waals surface area contributed by atoms with Crippen LogP contribution in [-0.4, -0.2) is 17.2 Å². The van der Waals surface area contributed by atoms with E-state index in [1.54, 1.807) is 12.1 Å². The largest absolute Gasteiger partial charge is 0.507 e. The summed E-state index contributed by atoms with van der Waals surface area (Å²) in [6.45, 7) is 0. The zero-order valence-corrected chi connectivity index (χ0v) is 15.9. The lowest BCUT2D eigenvalue weighted by Gasteiger charge is -2.03. The number of rotatable bonds is 4. The molecule has 0 saturated heterocycles. The molecule has 2 aromatic carbocycles. The predicted octanol–water partition coefficient (Wildman–Crippen LogP) is 4.94. The fraction of sp³-hybridized carbons (Fsp3) is 0. The number of hydrazone groups is 1. The highest BCUT2D eigenvalue weighted by molar-refractivity contribution is 9.10. The molecule has 0 unspecified atom stereocenters. The van der Waals surface area contributed by atoms with Crippen LogP contribution in [0.2, 0.25) is 0 Å². The van der Waals surface area contributed by atoms with Gasteiger partial charge in [-0.05, 0) is 42.5 Å². The number of phenols is 1. The summed E-state index contributed by atoms with van der Waals surface area (Å²) < 4.78 is 7.34. The number of halogens is 2. The molecule has 126 valence electrons. The van der Waals surface area contributed by atoms with Crippen LogP contribution in [-0.2, 0) is 0 Å². The highest BCUT2D eigenvalue weighted by Gasteiger charge is 2.10. The smallest absolute Gasteiger partial charge is 0.275 e. The van der Waals surface area contributed by atoms with Gasteiger partial charge in [0.1, 0.15) is 17.3 Å². The first-order valence-electron chi connectivity index (χ1n) is 7.20. The Morgan fingerprint density at radius 3 is 2.52 bits per heavy atom. The van der Waals surface area contributed by atoms with Crippen molar-refractivity contribution in [1.82, 2.24) is 5.43 Å². The second-order valence-electron chi connectivity index (χ2n) is 5.07. The minimum absolute atomic E-state index is 0.119. The number of aromatic hydroxyl groups is 1. The summed E-state index contributed by atoms with van der Waals surface area (Å²) in [5.41, 5.74) is 3.42. The van der Waals surface area contributed by atoms with Crippen molar-refractivity contribution in [3.63, 3.8) is 0 Å². The number of benzene rings is 2. The molecule has 1 amide bonds. The average molecular weight is 464 g/mol. The summed E-state index contributed by atoms with van der Waals surface area (Å²) in [5.74, 6) is 0.558. The van der Waals surface area contributed by atoms with Crippen LogP contribution in [0.1, 0.15) is 16.1 Å². The summed E-state index contributed by atoms with van der Waals surface area (Å²) in [7, 11) is 0. The standard InChI is InChI=1S/C18H12Br2N2O3/c19-12-3-1-11(2-4-12)17-8-6-14(25-17)10-21-22-18(24)15-9-13(20)5-7-16(15)23/h1-10,23H,(H,22,24)/b21-10+. The van der Waals surface area contributed by atoms with E-state index in [1.807, 2.05) is 30.3 Å². The molecule has 25 heavy (non-hydrogen) atoms. The molecule has 0 bridgehead atoms. The van der Waals surface area contributed by atoms with E-state index < -0.39 is 5.91 Å². The average Bonchev–Trinajstić information content (AvgIpc) is 3.06. The van der Waals surface area contributed by atoms with Crippen LogP contribution in [0.4, 0.5) is 0 Å². The number of nitrogens with zero attached hydrogens (tertiary/aromatic N) is 1. The van der Waals surface area contributed by atoms with Crippen LogP contribution in [0, 0.1) is 0 Å². The molecule has 1 heterocycles. The van der Waals surface area contributed by atoms with E-state index >= 15 is 0 Å². The monoisotopic (exact) mass is 462 g/mol. The van der Waals surface area contributed by atoms with Gasteiger partial charge in [-0.1, -0.05) is 44.0 Å². The SMILES string of the molecule is O=C(N/N=C/c1ccc(-c2ccc(Br)cc2)o1)c1cc(Br)ccc1O. The van der Waals surface area contributed by atoms with Crippen LogP contribution in [0.3, 0.4) is 0 Å². The molecule has 0 atom stereocenters. The molecule has 0 aliphatic heterocycles. The number of carbonyl (C=O) groups is 1. The molecule has 1 aromatic heterocycles. The number of nitrogens with one attached hydrogen (secondary N) is 1. The van der Waals surface area contributed by atoms with Gasteiger partial charge in [0.05, 0.1) is 11.8 Å². The van der Waals surface area contributed by atoms with E-state index in [0.717, 1.165) is 10.0 Å². The fourth-order valence-corrected chi connectivity index (χ4v) is 2.72. The van der Waals surface area contributed by atoms with Crippen LogP contribution < -0.4 is 5.43 Å². The first-order chi connectivity index (χ1) is 12.0. The van der Waals surface area contributed by atoms with Gasteiger partial charge in [-0.15, -0.1) is 0 Å². The van der Waals surface area contributed by atoms with Gasteiger partial charge >= 0.3 is 0 Å². The molecule has 3 rings (SSSR count). The maximum absolute atomic E-state index is 12.0. The molecule has 5 nitrogen and oxygen atoms in total. The summed E-state index contributed by atoms with van der Waals surface area (Å²) in [6.07, 6.45) is 1.40. The summed E-state index contributed by atoms with van der Waals surface area (Å²) in [6, 6.07) is 15.9. The lowest BCUT2D eigenvalue weighted by atomic mass is 10.2. The van der Waals surface area contributed by atoms with Crippen molar-refractivity contribution in [1.29, 1.82) is 0 Å². The van der Waals surface area contributed by atoms with Crippen LogP contribution in [0.25, 0.3) is 11.3 Å². The Morgan fingerprint density at radius 2 is 1.76 bits per heavy atom. The quantitative estimate of drug-likeness (QED) is 0.425. The Morgan fingerprint density at radius 1 is 1.04 bits per heavy atom. The Labute approximate surface area is 160 Å². The van der Waals surface area contributed by atoms with E-state index in [1.165, 1.54) is 18.3 Å². The van der Waals surface area contributed by atoms with E-state index in [9.17, 15) is 9.90 Å². The van der Waals surface area contributed by atoms with E-state index in [0.29, 0.717) is 16.0 Å². The highest BCUT2D eigenvalue weighted by Crippen LogP contribution is 2.24. The lowest BCUT2D eigenvalue weighted by molar-refractivity contribution is 0.0952. The van der Waals surface area contributed by atoms with Gasteiger partial charge in [0.2, 0.25) is 0 Å². The van der Waals surface area contributed by atoms with Gasteiger partial charge in [-0.3, -0.25) is 4.79 Å². The van der Waals surface area contributed by atoms with Gasteiger partial charge in [0.15, 0.2) is 0 Å². The van der Waals surface area contributed by atoms with E-state index in [-0.39, 0.29) is 11.3 Å². The van der Waals surface area contributed by atoms with Crippen molar-refractivity contribution in [3.05, 3.63) is 74.9 Å². The zero-order valence-electron chi connectivity index (χ0n) is 12.7. The molecule has 0 saturated carbocycles. The molecule has 2 N–H and O–H groups in total. The number of phenolic OH excluding ortho intramolecular Hbond substituents is 1. The van der Waals surface area contributed by atoms with Crippen molar-refractivity contribution >= 4 is 44.0 Å². The first kappa shape index (κ1) is 17.4. The summed E-state index contributed by atoms with van der Waals surface area (Å²) >= 11 is 6.64. The van der Waals surface area contributed by atoms with Crippen molar-refractivity contribution in [3.8, 4) is 17.1 Å². The Bertz CT molecular complexity index is 934. The van der Waals surface area contributed by atoms with Crippen molar-refractivity contribution < 1.29 is 14.3 Å². The van der Waals surface area contributed by atoms with Gasteiger partial charge in [-0.2, -0.15) is 5.10 Å². The molecule has 3 aromatic rings. The third-order valence-corrected chi connectivity index (χ3v) is 4.34. The Hall–Kier alpha value is -2.38. The minimum Gasteiger partial charge on any atom is -0.507 e. The number of hydrogen-bond donors (Lipinski definition) is 2. The van der Waals surface area contributed by atoms with Crippen molar-refractivity contribution in [2.45, 2.75) is 0 Å². The number of amides is 1. The normalized spacial score (nSPS) is 11.0. The first-order valence-corrected chi connectivity index (χ1v) is 8.79. The van der Waals surface area contributed by atoms with Gasteiger partial charge in [-0.25, -0.2) is 5.43 Å². The maximum atomic E-state index is 12.0. The maximum Gasteiger partial charge on any atom is 0.275 e. The molecule has 0 radical (unpaired) electrons. The highest BCUT2D eigenvalue weighted by atomic mass is 79.9. The summed E-state index contributed by atoms with van der Waals surface area (Å²) in [4.78, 5) is 12.0. The summed E-state index contributed by atoms with van der Waals surface area (Å²) in [5, 5.41) is 13.6. The molecule has 0 aliphatic rings. The van der Waals surface area contributed by atoms with Crippen molar-refractivity contribution in [2.75, 3.05) is 0 Å². The van der Waals surface area contributed by atoms with E-state index in [2.05, 4.69) is 42.4 Å². The van der Waals surface area contributed by atoms with Gasteiger partial charge in [0.25, 0.3) is 5.91 Å². The predicted molar refractivity (Wildman–Crippen MR) is 103 cm³/mol. The second kappa shape index (κ2) is 7.67. The topological polar surface area (TPSA) is 74.8 Å². The third-order valence-electron chi connectivity index (χ3n) is 3.32. The Balaban J connectivity index is 1.67. The molecule has 7 heteroatoms. The minimum atomic E-state index is -0.519. The molecular formula is C18H12Br2N2O3. The number of carbonyl (C=O) groups excluding carboxylic acids is 1. The Kier molecular flexibility index (Phi) is 5.35. The lowest BCUT2D eigenvalue weighted by Crippen LogP contribution is -2.17. The second-order valence-corrected chi connectivity index (χ2v) is 6.90. The van der Waals surface area contributed by atoms with E-state index in [4.69, 9.17) is 4.42 Å². The fourth-order valence-electron chi connectivity index (χ4n) is 2.10. The van der Waals surface area contributed by atoms with Gasteiger partial charge < -0.3 is 9.52 Å². The molecule has 0 fully saturated rings. The van der Waals surface area contributed by atoms with Crippen molar-refractivity contribution in [2.24, 2.45) is 5.10 Å². The van der Waals surface area contributed by atoms with Crippen LogP contribution in [0.15, 0.2) is 73.1 Å². The van der Waals surface area contributed by atoms with Crippen LogP contribution >= 0.6 is 31.9 Å².